The lowest BCUT2D eigenvalue weighted by atomic mass is 10.2. The Morgan fingerprint density at radius 2 is 2.13 bits per heavy atom. The van der Waals surface area contributed by atoms with Gasteiger partial charge in [-0.05, 0) is 24.3 Å². The Kier molecular flexibility index (Phi) is 3.78. The van der Waals surface area contributed by atoms with Crippen LogP contribution in [-0.4, -0.2) is 30.6 Å². The molecule has 1 aromatic rings. The van der Waals surface area contributed by atoms with Gasteiger partial charge in [0.05, 0.1) is 0 Å². The molecule has 1 saturated heterocycles. The summed E-state index contributed by atoms with van der Waals surface area (Å²) in [5.41, 5.74) is 6.95. The Morgan fingerprint density at radius 3 is 2.80 bits per heavy atom. The van der Waals surface area contributed by atoms with Crippen molar-refractivity contribution in [1.29, 1.82) is 0 Å². The van der Waals surface area contributed by atoms with Gasteiger partial charge in [0, 0.05) is 41.3 Å². The van der Waals surface area contributed by atoms with E-state index in [0.717, 1.165) is 30.4 Å². The number of thioether (sulfide) groups is 1. The van der Waals surface area contributed by atoms with E-state index in [9.17, 15) is 0 Å². The average Bonchev–Trinajstić information content (AvgIpc) is 2.30. The van der Waals surface area contributed by atoms with Gasteiger partial charge in [0.25, 0.3) is 0 Å². The summed E-state index contributed by atoms with van der Waals surface area (Å²) in [6.45, 7) is 2.90. The molecule has 2 nitrogen and oxygen atoms in total. The minimum Gasteiger partial charge on any atom is -0.370 e. The number of nitrogens with zero attached hydrogens (tertiary/aromatic N) is 1. The molecule has 2 rings (SSSR count). The lowest BCUT2D eigenvalue weighted by molar-refractivity contribution is 0.749. The molecule has 1 fully saturated rings. The van der Waals surface area contributed by atoms with Gasteiger partial charge in [-0.3, -0.25) is 0 Å². The van der Waals surface area contributed by atoms with Gasteiger partial charge in [-0.1, -0.05) is 11.6 Å². The van der Waals surface area contributed by atoms with E-state index in [1.54, 1.807) is 0 Å². The van der Waals surface area contributed by atoms with Crippen LogP contribution in [0.4, 0.5) is 5.69 Å². The number of benzene rings is 1. The maximum atomic E-state index is 5.86. The van der Waals surface area contributed by atoms with Crippen LogP contribution >= 0.6 is 23.4 Å². The Bertz CT molecular complexity index is 315. The molecule has 1 aliphatic rings. The first-order valence-electron chi connectivity index (χ1n) is 5.12. The molecule has 2 N–H and O–H groups in total. The van der Waals surface area contributed by atoms with Gasteiger partial charge >= 0.3 is 0 Å². The van der Waals surface area contributed by atoms with Crippen molar-refractivity contribution in [2.45, 2.75) is 5.25 Å². The SMILES string of the molecule is NCC1CN(c2ccc(Cl)cc2)CCS1. The van der Waals surface area contributed by atoms with Crippen LogP contribution in [0.2, 0.25) is 5.02 Å². The largest absolute Gasteiger partial charge is 0.370 e. The molecular formula is C11H15ClN2S. The van der Waals surface area contributed by atoms with Crippen LogP contribution in [0.5, 0.6) is 0 Å². The van der Waals surface area contributed by atoms with E-state index in [1.165, 1.54) is 5.69 Å². The molecule has 1 heterocycles. The minimum absolute atomic E-state index is 0.564. The molecule has 1 aromatic carbocycles. The van der Waals surface area contributed by atoms with Crippen molar-refractivity contribution in [1.82, 2.24) is 0 Å². The van der Waals surface area contributed by atoms with Gasteiger partial charge in [0.15, 0.2) is 0 Å². The van der Waals surface area contributed by atoms with Crippen LogP contribution in [0.3, 0.4) is 0 Å². The number of anilines is 1. The fraction of sp³-hybridized carbons (Fsp3) is 0.455. The molecule has 1 aliphatic heterocycles. The van der Waals surface area contributed by atoms with Crippen molar-refractivity contribution in [3.05, 3.63) is 29.3 Å². The highest BCUT2D eigenvalue weighted by Crippen LogP contribution is 2.24. The number of hydrogen-bond donors (Lipinski definition) is 1. The summed E-state index contributed by atoms with van der Waals surface area (Å²) in [5.74, 6) is 1.16. The predicted molar refractivity (Wildman–Crippen MR) is 69.0 cm³/mol. The summed E-state index contributed by atoms with van der Waals surface area (Å²) in [7, 11) is 0. The third kappa shape index (κ3) is 2.80. The summed E-state index contributed by atoms with van der Waals surface area (Å²) in [5, 5.41) is 1.36. The van der Waals surface area contributed by atoms with Crippen LogP contribution < -0.4 is 10.6 Å². The third-order valence-corrected chi connectivity index (χ3v) is 4.08. The molecule has 1 unspecified atom stereocenters. The average molecular weight is 243 g/mol. The zero-order valence-corrected chi connectivity index (χ0v) is 10.1. The predicted octanol–water partition coefficient (Wildman–Crippen LogP) is 2.22. The molecule has 0 radical (unpaired) electrons. The van der Waals surface area contributed by atoms with Crippen molar-refractivity contribution in [2.75, 3.05) is 30.3 Å². The number of rotatable bonds is 2. The Labute approximate surface area is 99.8 Å². The van der Waals surface area contributed by atoms with Crippen molar-refractivity contribution in [3.63, 3.8) is 0 Å². The Morgan fingerprint density at radius 1 is 1.40 bits per heavy atom. The Balaban J connectivity index is 2.06. The van der Waals surface area contributed by atoms with Crippen LogP contribution in [0, 0.1) is 0 Å². The van der Waals surface area contributed by atoms with E-state index in [-0.39, 0.29) is 0 Å². The molecule has 0 bridgehead atoms. The van der Waals surface area contributed by atoms with Crippen molar-refractivity contribution < 1.29 is 0 Å². The normalized spacial score (nSPS) is 21.7. The molecule has 0 aliphatic carbocycles. The molecule has 82 valence electrons. The summed E-state index contributed by atoms with van der Waals surface area (Å²) in [6.07, 6.45) is 0. The first kappa shape index (κ1) is 11.1. The first-order valence-corrected chi connectivity index (χ1v) is 6.54. The van der Waals surface area contributed by atoms with Gasteiger partial charge in [0.1, 0.15) is 0 Å². The molecule has 4 heteroatoms. The van der Waals surface area contributed by atoms with Gasteiger partial charge < -0.3 is 10.6 Å². The monoisotopic (exact) mass is 242 g/mol. The second kappa shape index (κ2) is 5.10. The van der Waals surface area contributed by atoms with Crippen LogP contribution in [-0.2, 0) is 0 Å². The maximum absolute atomic E-state index is 5.86. The zero-order valence-electron chi connectivity index (χ0n) is 8.53. The van der Waals surface area contributed by atoms with E-state index in [1.807, 2.05) is 23.9 Å². The van der Waals surface area contributed by atoms with E-state index in [4.69, 9.17) is 17.3 Å². The molecule has 0 aromatic heterocycles. The molecule has 0 saturated carbocycles. The van der Waals surface area contributed by atoms with Gasteiger partial charge in [0.2, 0.25) is 0 Å². The highest BCUT2D eigenvalue weighted by atomic mass is 35.5. The Hall–Kier alpha value is -0.380. The minimum atomic E-state index is 0.564. The second-order valence-electron chi connectivity index (χ2n) is 3.65. The van der Waals surface area contributed by atoms with Crippen LogP contribution in [0.15, 0.2) is 24.3 Å². The molecule has 0 spiro atoms. The van der Waals surface area contributed by atoms with Gasteiger partial charge in [-0.25, -0.2) is 0 Å². The smallest absolute Gasteiger partial charge is 0.0407 e. The lowest BCUT2D eigenvalue weighted by Gasteiger charge is -2.33. The van der Waals surface area contributed by atoms with Crippen LogP contribution in [0.25, 0.3) is 0 Å². The standard InChI is InChI=1S/C11H15ClN2S/c12-9-1-3-10(4-2-9)14-5-6-15-11(7-13)8-14/h1-4,11H,5-8,13H2. The molecular weight excluding hydrogens is 228 g/mol. The van der Waals surface area contributed by atoms with Crippen LogP contribution in [0.1, 0.15) is 0 Å². The summed E-state index contributed by atoms with van der Waals surface area (Å²) < 4.78 is 0. The van der Waals surface area contributed by atoms with Crippen molar-refractivity contribution in [3.8, 4) is 0 Å². The number of hydrogen-bond acceptors (Lipinski definition) is 3. The second-order valence-corrected chi connectivity index (χ2v) is 5.50. The first-order chi connectivity index (χ1) is 7.29. The summed E-state index contributed by atoms with van der Waals surface area (Å²) >= 11 is 7.84. The fourth-order valence-electron chi connectivity index (χ4n) is 1.75. The molecule has 0 amide bonds. The number of halogens is 1. The lowest BCUT2D eigenvalue weighted by Crippen LogP contribution is -2.40. The zero-order chi connectivity index (χ0) is 10.7. The van der Waals surface area contributed by atoms with Gasteiger partial charge in [-0.15, -0.1) is 0 Å². The summed E-state index contributed by atoms with van der Waals surface area (Å²) in [6, 6.07) is 8.03. The molecule has 1 atom stereocenters. The maximum Gasteiger partial charge on any atom is 0.0407 e. The highest BCUT2D eigenvalue weighted by Gasteiger charge is 2.18. The summed E-state index contributed by atoms with van der Waals surface area (Å²) in [4.78, 5) is 2.38. The molecule has 15 heavy (non-hydrogen) atoms. The van der Waals surface area contributed by atoms with E-state index < -0.39 is 0 Å². The van der Waals surface area contributed by atoms with Crippen molar-refractivity contribution in [2.24, 2.45) is 5.73 Å². The highest BCUT2D eigenvalue weighted by molar-refractivity contribution is 8.00. The third-order valence-electron chi connectivity index (χ3n) is 2.59. The van der Waals surface area contributed by atoms with Crippen molar-refractivity contribution >= 4 is 29.1 Å². The topological polar surface area (TPSA) is 29.3 Å². The van der Waals surface area contributed by atoms with E-state index in [2.05, 4.69) is 17.0 Å². The van der Waals surface area contributed by atoms with E-state index in [0.29, 0.717) is 5.25 Å². The quantitative estimate of drug-likeness (QED) is 0.863. The van der Waals surface area contributed by atoms with Gasteiger partial charge in [-0.2, -0.15) is 11.8 Å². The number of nitrogens with two attached hydrogens (primary N) is 1. The van der Waals surface area contributed by atoms with E-state index >= 15 is 0 Å². The fourth-order valence-corrected chi connectivity index (χ4v) is 2.95.